The van der Waals surface area contributed by atoms with Gasteiger partial charge in [-0.1, -0.05) is 5.16 Å². The predicted molar refractivity (Wildman–Crippen MR) is 66.3 cm³/mol. The van der Waals surface area contributed by atoms with E-state index in [1.807, 2.05) is 11.4 Å². The third-order valence-corrected chi connectivity index (χ3v) is 3.68. The minimum absolute atomic E-state index is 0.373. The van der Waals surface area contributed by atoms with Crippen molar-refractivity contribution in [1.29, 1.82) is 0 Å². The number of aromatic nitrogens is 4. The minimum atomic E-state index is 0.373. The van der Waals surface area contributed by atoms with E-state index in [-0.39, 0.29) is 0 Å². The number of hydrogen-bond acceptors (Lipinski definition) is 6. The Morgan fingerprint density at radius 3 is 2.94 bits per heavy atom. The minimum Gasteiger partial charge on any atom is -0.332 e. The maximum absolute atomic E-state index is 5.14. The molecule has 0 spiro atoms. The Labute approximate surface area is 109 Å². The Morgan fingerprint density at radius 1 is 1.29 bits per heavy atom. The van der Waals surface area contributed by atoms with Gasteiger partial charge in [0.25, 0.3) is 5.89 Å². The van der Waals surface area contributed by atoms with Crippen LogP contribution in [0.4, 0.5) is 0 Å². The molecule has 0 aliphatic carbocycles. The summed E-state index contributed by atoms with van der Waals surface area (Å²) in [5.41, 5.74) is 0.571. The lowest BCUT2D eigenvalue weighted by atomic mass is 10.4. The molecule has 0 aliphatic heterocycles. The maximum atomic E-state index is 5.14. The zero-order valence-corrected chi connectivity index (χ0v) is 10.8. The van der Waals surface area contributed by atoms with Gasteiger partial charge in [0.1, 0.15) is 5.69 Å². The van der Waals surface area contributed by atoms with Crippen LogP contribution in [0, 0.1) is 0 Å². The van der Waals surface area contributed by atoms with E-state index < -0.39 is 0 Å². The van der Waals surface area contributed by atoms with Crippen molar-refractivity contribution in [2.45, 2.75) is 0 Å². The van der Waals surface area contributed by atoms with E-state index in [0.717, 1.165) is 9.35 Å². The summed E-state index contributed by atoms with van der Waals surface area (Å²) in [4.78, 5) is 13.3. The first-order chi connectivity index (χ1) is 8.33. The average molecular weight is 309 g/mol. The highest BCUT2D eigenvalue weighted by molar-refractivity contribution is 9.10. The van der Waals surface area contributed by atoms with E-state index in [4.69, 9.17) is 4.52 Å². The molecule has 0 saturated carbocycles. The molecule has 84 valence electrons. The second-order valence-electron chi connectivity index (χ2n) is 3.14. The molecule has 0 unspecified atom stereocenters. The second kappa shape index (κ2) is 4.34. The molecule has 0 saturated heterocycles. The molecule has 0 fully saturated rings. The molecule has 7 heteroatoms. The van der Waals surface area contributed by atoms with Gasteiger partial charge >= 0.3 is 0 Å². The van der Waals surface area contributed by atoms with Gasteiger partial charge in [0.05, 0.1) is 11.1 Å². The summed E-state index contributed by atoms with van der Waals surface area (Å²) in [6.07, 6.45) is 4.76. The number of rotatable bonds is 2. The Morgan fingerprint density at radius 2 is 2.24 bits per heavy atom. The molecule has 3 aromatic rings. The molecule has 3 rings (SSSR count). The Bertz CT molecular complexity index is 637. The molecule has 17 heavy (non-hydrogen) atoms. The van der Waals surface area contributed by atoms with Crippen molar-refractivity contribution in [2.24, 2.45) is 0 Å². The van der Waals surface area contributed by atoms with Gasteiger partial charge < -0.3 is 4.52 Å². The van der Waals surface area contributed by atoms with Crippen LogP contribution < -0.4 is 0 Å². The standard InChI is InChI=1S/C10H5BrN4OS/c11-6-3-8(17-5-6)9-14-10(16-15-9)7-4-12-1-2-13-7/h1-5H. The van der Waals surface area contributed by atoms with Crippen LogP contribution in [-0.4, -0.2) is 20.1 Å². The van der Waals surface area contributed by atoms with Gasteiger partial charge in [0.15, 0.2) is 0 Å². The van der Waals surface area contributed by atoms with Crippen LogP contribution in [0.1, 0.15) is 0 Å². The van der Waals surface area contributed by atoms with Crippen LogP contribution in [0.5, 0.6) is 0 Å². The Kier molecular flexibility index (Phi) is 2.69. The average Bonchev–Trinajstić information content (AvgIpc) is 2.98. The highest BCUT2D eigenvalue weighted by Crippen LogP contribution is 2.28. The van der Waals surface area contributed by atoms with Crippen molar-refractivity contribution in [3.63, 3.8) is 0 Å². The van der Waals surface area contributed by atoms with Crippen LogP contribution in [0.2, 0.25) is 0 Å². The first-order valence-electron chi connectivity index (χ1n) is 4.67. The van der Waals surface area contributed by atoms with E-state index in [1.54, 1.807) is 29.9 Å². The largest absolute Gasteiger partial charge is 0.332 e. The molecule has 3 aromatic heterocycles. The summed E-state index contributed by atoms with van der Waals surface area (Å²) < 4.78 is 6.15. The third kappa shape index (κ3) is 2.11. The lowest BCUT2D eigenvalue weighted by Crippen LogP contribution is -1.83. The molecule has 0 radical (unpaired) electrons. The molecule has 0 amide bonds. The molecule has 0 N–H and O–H groups in total. The summed E-state index contributed by atoms with van der Waals surface area (Å²) in [5.74, 6) is 0.930. The SMILES string of the molecule is Brc1csc(-c2noc(-c3cnccn3)n2)c1. The fourth-order valence-corrected chi connectivity index (χ4v) is 2.62. The molecule has 0 aromatic carbocycles. The molecular formula is C10H5BrN4OS. The van der Waals surface area contributed by atoms with Gasteiger partial charge in [-0.3, -0.25) is 4.98 Å². The zero-order chi connectivity index (χ0) is 11.7. The first kappa shape index (κ1) is 10.5. The zero-order valence-electron chi connectivity index (χ0n) is 8.37. The predicted octanol–water partition coefficient (Wildman–Crippen LogP) is 3.02. The lowest BCUT2D eigenvalue weighted by Gasteiger charge is -1.88. The fraction of sp³-hybridized carbons (Fsp3) is 0. The number of hydrogen-bond donors (Lipinski definition) is 0. The summed E-state index contributed by atoms with van der Waals surface area (Å²) in [6.45, 7) is 0. The van der Waals surface area contributed by atoms with E-state index >= 15 is 0 Å². The number of thiophene rings is 1. The van der Waals surface area contributed by atoms with Gasteiger partial charge in [-0.05, 0) is 22.0 Å². The smallest absolute Gasteiger partial charge is 0.278 e. The van der Waals surface area contributed by atoms with Crippen LogP contribution in [0.25, 0.3) is 22.3 Å². The van der Waals surface area contributed by atoms with Gasteiger partial charge in [0.2, 0.25) is 5.82 Å². The maximum Gasteiger partial charge on any atom is 0.278 e. The third-order valence-electron chi connectivity index (χ3n) is 2.00. The van der Waals surface area contributed by atoms with Crippen LogP contribution >= 0.6 is 27.3 Å². The van der Waals surface area contributed by atoms with E-state index in [0.29, 0.717) is 17.4 Å². The van der Waals surface area contributed by atoms with Gasteiger partial charge in [-0.15, -0.1) is 11.3 Å². The molecule has 0 bridgehead atoms. The fourth-order valence-electron chi connectivity index (χ4n) is 1.27. The molecule has 5 nitrogen and oxygen atoms in total. The van der Waals surface area contributed by atoms with Crippen molar-refractivity contribution in [3.8, 4) is 22.3 Å². The van der Waals surface area contributed by atoms with Crippen molar-refractivity contribution in [2.75, 3.05) is 0 Å². The Hall–Kier alpha value is -1.60. The van der Waals surface area contributed by atoms with E-state index in [2.05, 4.69) is 36.0 Å². The number of halogens is 1. The topological polar surface area (TPSA) is 64.7 Å². The summed E-state index contributed by atoms with van der Waals surface area (Å²) >= 11 is 4.93. The molecule has 0 aliphatic rings. The normalized spacial score (nSPS) is 10.6. The highest BCUT2D eigenvalue weighted by atomic mass is 79.9. The van der Waals surface area contributed by atoms with E-state index in [1.165, 1.54) is 0 Å². The molecular weight excluding hydrogens is 304 g/mol. The van der Waals surface area contributed by atoms with Crippen molar-refractivity contribution in [1.82, 2.24) is 20.1 Å². The van der Waals surface area contributed by atoms with Gasteiger partial charge in [0, 0.05) is 22.2 Å². The quantitative estimate of drug-likeness (QED) is 0.728. The molecule has 3 heterocycles. The van der Waals surface area contributed by atoms with E-state index in [9.17, 15) is 0 Å². The van der Waals surface area contributed by atoms with Gasteiger partial charge in [-0.25, -0.2) is 4.98 Å². The van der Waals surface area contributed by atoms with Crippen molar-refractivity contribution >= 4 is 27.3 Å². The molecule has 0 atom stereocenters. The summed E-state index contributed by atoms with van der Waals surface area (Å²) in [5, 5.41) is 5.88. The van der Waals surface area contributed by atoms with Crippen LogP contribution in [0.15, 0.2) is 39.0 Å². The highest BCUT2D eigenvalue weighted by Gasteiger charge is 2.12. The summed E-state index contributed by atoms with van der Waals surface area (Å²) in [7, 11) is 0. The van der Waals surface area contributed by atoms with Crippen molar-refractivity contribution < 1.29 is 4.52 Å². The van der Waals surface area contributed by atoms with Crippen LogP contribution in [-0.2, 0) is 0 Å². The Balaban J connectivity index is 1.99. The van der Waals surface area contributed by atoms with Crippen molar-refractivity contribution in [3.05, 3.63) is 34.5 Å². The second-order valence-corrected chi connectivity index (χ2v) is 4.97. The first-order valence-corrected chi connectivity index (χ1v) is 6.35. The summed E-state index contributed by atoms with van der Waals surface area (Å²) in [6, 6.07) is 1.94. The monoisotopic (exact) mass is 308 g/mol. The lowest BCUT2D eigenvalue weighted by molar-refractivity contribution is 0.431. The van der Waals surface area contributed by atoms with Gasteiger partial charge in [-0.2, -0.15) is 4.98 Å². The van der Waals surface area contributed by atoms with Crippen LogP contribution in [0.3, 0.4) is 0 Å². The number of nitrogens with zero attached hydrogens (tertiary/aromatic N) is 4.